The van der Waals surface area contributed by atoms with E-state index in [-0.39, 0.29) is 0 Å². The fourth-order valence-corrected chi connectivity index (χ4v) is 2.20. The highest BCUT2D eigenvalue weighted by Gasteiger charge is 2.14. The van der Waals surface area contributed by atoms with Gasteiger partial charge in [-0.25, -0.2) is 9.97 Å². The topological polar surface area (TPSA) is 59.1 Å². The Kier molecular flexibility index (Phi) is 3.29. The van der Waals surface area contributed by atoms with Crippen molar-refractivity contribution in [3.05, 3.63) is 41.9 Å². The summed E-state index contributed by atoms with van der Waals surface area (Å²) in [6.07, 6.45) is 2.56. The number of anilines is 2. The monoisotopic (exact) mass is 256 g/mol. The van der Waals surface area contributed by atoms with Gasteiger partial charge in [0.25, 0.3) is 0 Å². The quantitative estimate of drug-likeness (QED) is 0.878. The molecule has 0 saturated heterocycles. The number of ether oxygens (including phenoxy) is 1. The Morgan fingerprint density at radius 1 is 1.21 bits per heavy atom. The van der Waals surface area contributed by atoms with Gasteiger partial charge in [0, 0.05) is 17.8 Å². The van der Waals surface area contributed by atoms with Crippen molar-refractivity contribution >= 4 is 11.5 Å². The zero-order valence-corrected chi connectivity index (χ0v) is 10.8. The van der Waals surface area contributed by atoms with Crippen LogP contribution >= 0.6 is 0 Å². The van der Waals surface area contributed by atoms with Gasteiger partial charge in [-0.3, -0.25) is 0 Å². The molecule has 0 aliphatic carbocycles. The molecule has 0 unspecified atom stereocenters. The second kappa shape index (κ2) is 5.24. The van der Waals surface area contributed by atoms with Gasteiger partial charge in [0.05, 0.1) is 12.8 Å². The summed E-state index contributed by atoms with van der Waals surface area (Å²) in [5.74, 6) is 1.75. The first kappa shape index (κ1) is 11.9. The second-order valence-corrected chi connectivity index (χ2v) is 4.43. The van der Waals surface area contributed by atoms with Crippen LogP contribution in [0.1, 0.15) is 11.3 Å². The van der Waals surface area contributed by atoms with Crippen LogP contribution in [0.2, 0.25) is 0 Å². The predicted molar refractivity (Wildman–Crippen MR) is 73.7 cm³/mol. The highest BCUT2D eigenvalue weighted by atomic mass is 16.5. The number of methoxy groups -OCH3 is 1. The molecule has 5 nitrogen and oxygen atoms in total. The summed E-state index contributed by atoms with van der Waals surface area (Å²) in [5, 5.41) is 6.66. The smallest absolute Gasteiger partial charge is 0.137 e. The van der Waals surface area contributed by atoms with Crippen LogP contribution in [-0.4, -0.2) is 23.6 Å². The lowest BCUT2D eigenvalue weighted by Crippen LogP contribution is -2.25. The van der Waals surface area contributed by atoms with Gasteiger partial charge in [-0.05, 0) is 37.2 Å². The van der Waals surface area contributed by atoms with Gasteiger partial charge in [0.2, 0.25) is 0 Å². The lowest BCUT2D eigenvalue weighted by Gasteiger charge is -2.19. The molecule has 2 N–H and O–H groups in total. The minimum absolute atomic E-state index is 0.815. The molecule has 5 heteroatoms. The molecule has 3 rings (SSSR count). The fourth-order valence-electron chi connectivity index (χ4n) is 2.20. The zero-order chi connectivity index (χ0) is 13.1. The third kappa shape index (κ3) is 2.51. The van der Waals surface area contributed by atoms with E-state index in [2.05, 4.69) is 20.6 Å². The van der Waals surface area contributed by atoms with Crippen molar-refractivity contribution in [1.29, 1.82) is 0 Å². The number of aromatic nitrogens is 2. The summed E-state index contributed by atoms with van der Waals surface area (Å²) in [6.45, 7) is 1.78. The van der Waals surface area contributed by atoms with Gasteiger partial charge in [-0.2, -0.15) is 0 Å². The van der Waals surface area contributed by atoms with Gasteiger partial charge >= 0.3 is 0 Å². The first-order chi connectivity index (χ1) is 9.36. The van der Waals surface area contributed by atoms with E-state index in [1.807, 2.05) is 24.3 Å². The van der Waals surface area contributed by atoms with Crippen molar-refractivity contribution in [1.82, 2.24) is 15.3 Å². The summed E-state index contributed by atoms with van der Waals surface area (Å²) in [6, 6.07) is 7.82. The van der Waals surface area contributed by atoms with Crippen LogP contribution in [0.15, 0.2) is 30.6 Å². The minimum atomic E-state index is 0.815. The van der Waals surface area contributed by atoms with E-state index in [4.69, 9.17) is 4.74 Å². The van der Waals surface area contributed by atoms with Gasteiger partial charge in [-0.15, -0.1) is 0 Å². The second-order valence-electron chi connectivity index (χ2n) is 4.43. The first-order valence-electron chi connectivity index (χ1n) is 6.31. The Hall–Kier alpha value is -2.14. The van der Waals surface area contributed by atoms with Gasteiger partial charge in [0.15, 0.2) is 0 Å². The average Bonchev–Trinajstić information content (AvgIpc) is 2.48. The molecule has 0 fully saturated rings. The molecule has 1 aromatic carbocycles. The maximum Gasteiger partial charge on any atom is 0.137 e. The van der Waals surface area contributed by atoms with Gasteiger partial charge in [-0.1, -0.05) is 0 Å². The van der Waals surface area contributed by atoms with Gasteiger partial charge < -0.3 is 15.4 Å². The molecule has 0 radical (unpaired) electrons. The Labute approximate surface area is 112 Å². The molecular weight excluding hydrogens is 240 g/mol. The Bertz CT molecular complexity index is 568. The first-order valence-corrected chi connectivity index (χ1v) is 6.31. The molecule has 2 aromatic rings. The largest absolute Gasteiger partial charge is 0.497 e. The Morgan fingerprint density at radius 3 is 2.84 bits per heavy atom. The highest BCUT2D eigenvalue weighted by molar-refractivity contribution is 5.61. The Morgan fingerprint density at radius 2 is 2.05 bits per heavy atom. The number of hydrogen-bond donors (Lipinski definition) is 2. The minimum Gasteiger partial charge on any atom is -0.497 e. The molecule has 1 aromatic heterocycles. The third-order valence-electron chi connectivity index (χ3n) is 3.23. The standard InChI is InChI=1S/C14H16N4O/c1-19-11-4-2-10(3-5-11)18-14-12-6-7-15-8-13(12)16-9-17-14/h2-5,9,15H,6-8H2,1H3,(H,16,17,18). The SMILES string of the molecule is COc1ccc(Nc2ncnc3c2CCNC3)cc1. The number of benzene rings is 1. The van der Waals surface area contributed by atoms with Gasteiger partial charge in [0.1, 0.15) is 17.9 Å². The van der Waals surface area contributed by atoms with Crippen LogP contribution in [0.25, 0.3) is 0 Å². The van der Waals surface area contributed by atoms with Crippen LogP contribution in [0, 0.1) is 0 Å². The molecule has 2 heterocycles. The van der Waals surface area contributed by atoms with E-state index in [1.54, 1.807) is 13.4 Å². The number of hydrogen-bond acceptors (Lipinski definition) is 5. The predicted octanol–water partition coefficient (Wildman–Crippen LogP) is 1.87. The normalized spacial score (nSPS) is 13.7. The number of rotatable bonds is 3. The van der Waals surface area contributed by atoms with Crippen molar-refractivity contribution in [3.8, 4) is 5.75 Å². The summed E-state index contributed by atoms with van der Waals surface area (Å²) in [7, 11) is 1.66. The Balaban J connectivity index is 1.86. The van der Waals surface area contributed by atoms with Crippen LogP contribution < -0.4 is 15.4 Å². The molecule has 0 amide bonds. The molecule has 0 bridgehead atoms. The van der Waals surface area contributed by atoms with E-state index in [0.717, 1.165) is 42.5 Å². The van der Waals surface area contributed by atoms with Crippen LogP contribution in [-0.2, 0) is 13.0 Å². The molecule has 0 atom stereocenters. The summed E-state index contributed by atoms with van der Waals surface area (Å²) in [4.78, 5) is 8.66. The van der Waals surface area contributed by atoms with Crippen molar-refractivity contribution in [3.63, 3.8) is 0 Å². The summed E-state index contributed by atoms with van der Waals surface area (Å²) in [5.41, 5.74) is 3.29. The summed E-state index contributed by atoms with van der Waals surface area (Å²) >= 11 is 0. The molecule has 1 aliphatic heterocycles. The third-order valence-corrected chi connectivity index (χ3v) is 3.23. The lowest BCUT2D eigenvalue weighted by molar-refractivity contribution is 0.415. The molecule has 0 spiro atoms. The fraction of sp³-hybridized carbons (Fsp3) is 0.286. The molecule has 19 heavy (non-hydrogen) atoms. The van der Waals surface area contributed by atoms with E-state index >= 15 is 0 Å². The maximum absolute atomic E-state index is 5.15. The van der Waals surface area contributed by atoms with E-state index in [1.165, 1.54) is 5.56 Å². The molecular formula is C14H16N4O. The lowest BCUT2D eigenvalue weighted by atomic mass is 10.1. The molecule has 0 saturated carbocycles. The van der Waals surface area contributed by atoms with Crippen molar-refractivity contribution in [2.24, 2.45) is 0 Å². The van der Waals surface area contributed by atoms with Crippen LogP contribution in [0.3, 0.4) is 0 Å². The number of nitrogens with zero attached hydrogens (tertiary/aromatic N) is 2. The van der Waals surface area contributed by atoms with Crippen molar-refractivity contribution in [2.75, 3.05) is 19.0 Å². The molecule has 1 aliphatic rings. The number of fused-ring (bicyclic) bond motifs is 1. The van der Waals surface area contributed by atoms with E-state index in [0.29, 0.717) is 0 Å². The average molecular weight is 256 g/mol. The highest BCUT2D eigenvalue weighted by Crippen LogP contribution is 2.23. The van der Waals surface area contributed by atoms with Crippen LogP contribution in [0.5, 0.6) is 5.75 Å². The van der Waals surface area contributed by atoms with Crippen LogP contribution in [0.4, 0.5) is 11.5 Å². The maximum atomic E-state index is 5.15. The van der Waals surface area contributed by atoms with Crippen molar-refractivity contribution in [2.45, 2.75) is 13.0 Å². The van der Waals surface area contributed by atoms with E-state index in [9.17, 15) is 0 Å². The zero-order valence-electron chi connectivity index (χ0n) is 10.8. The molecule has 98 valence electrons. The summed E-state index contributed by atoms with van der Waals surface area (Å²) < 4.78 is 5.15. The van der Waals surface area contributed by atoms with E-state index < -0.39 is 0 Å². The number of nitrogens with one attached hydrogen (secondary N) is 2. The van der Waals surface area contributed by atoms with Crippen molar-refractivity contribution < 1.29 is 4.74 Å².